The van der Waals surface area contributed by atoms with E-state index in [2.05, 4.69) is 0 Å². The first-order valence-electron chi connectivity index (χ1n) is 8.03. The summed E-state index contributed by atoms with van der Waals surface area (Å²) in [6.07, 6.45) is 0.561. The lowest BCUT2D eigenvalue weighted by atomic mass is 9.76. The number of hydrogen-bond acceptors (Lipinski definition) is 1. The SMILES string of the molecule is O=C(O)N1CCC(C(c2ccc(F)cc2)c2ccc(F)cc2)CC1. The molecule has 3 rings (SSSR count). The van der Waals surface area contributed by atoms with Gasteiger partial charge < -0.3 is 10.0 Å². The third-order valence-electron chi connectivity index (χ3n) is 4.74. The van der Waals surface area contributed by atoms with Crippen LogP contribution in [0.1, 0.15) is 29.9 Å². The third-order valence-corrected chi connectivity index (χ3v) is 4.74. The summed E-state index contributed by atoms with van der Waals surface area (Å²) in [7, 11) is 0. The number of piperidine rings is 1. The lowest BCUT2D eigenvalue weighted by Crippen LogP contribution is -2.39. The Kier molecular flexibility index (Phi) is 4.79. The summed E-state index contributed by atoms with van der Waals surface area (Å²) in [6.45, 7) is 0.970. The van der Waals surface area contributed by atoms with Gasteiger partial charge in [-0.3, -0.25) is 0 Å². The fourth-order valence-electron chi connectivity index (χ4n) is 3.50. The number of amides is 1. The van der Waals surface area contributed by atoms with Gasteiger partial charge in [0.15, 0.2) is 0 Å². The standard InChI is InChI=1S/C19H19F2NO2/c20-16-5-1-13(2-6-16)18(14-3-7-17(21)8-4-14)15-9-11-22(12-10-15)19(23)24/h1-8,15,18H,9-12H2,(H,23,24). The Hall–Kier alpha value is -2.43. The fourth-order valence-corrected chi connectivity index (χ4v) is 3.50. The zero-order valence-corrected chi connectivity index (χ0v) is 13.2. The smallest absolute Gasteiger partial charge is 0.407 e. The number of hydrogen-bond donors (Lipinski definition) is 1. The van der Waals surface area contributed by atoms with Gasteiger partial charge in [0.1, 0.15) is 11.6 Å². The summed E-state index contributed by atoms with van der Waals surface area (Å²) in [4.78, 5) is 12.5. The van der Waals surface area contributed by atoms with Gasteiger partial charge in [-0.25, -0.2) is 13.6 Å². The molecule has 5 heteroatoms. The zero-order chi connectivity index (χ0) is 17.1. The van der Waals surface area contributed by atoms with E-state index in [1.54, 1.807) is 24.3 Å². The average molecular weight is 331 g/mol. The second-order valence-electron chi connectivity index (χ2n) is 6.19. The predicted octanol–water partition coefficient (Wildman–Crippen LogP) is 4.49. The molecule has 2 aromatic carbocycles. The van der Waals surface area contributed by atoms with Gasteiger partial charge in [-0.05, 0) is 54.2 Å². The normalized spacial score (nSPS) is 15.7. The van der Waals surface area contributed by atoms with E-state index in [-0.39, 0.29) is 23.5 Å². The molecule has 1 fully saturated rings. The van der Waals surface area contributed by atoms with Crippen molar-refractivity contribution in [2.24, 2.45) is 5.92 Å². The van der Waals surface area contributed by atoms with Gasteiger partial charge in [-0.15, -0.1) is 0 Å². The minimum Gasteiger partial charge on any atom is -0.465 e. The van der Waals surface area contributed by atoms with Crippen LogP contribution in [0.2, 0.25) is 0 Å². The number of rotatable bonds is 3. The Labute approximate surface area is 139 Å². The Morgan fingerprint density at radius 2 is 1.33 bits per heavy atom. The molecule has 1 heterocycles. The van der Waals surface area contributed by atoms with Gasteiger partial charge >= 0.3 is 6.09 Å². The summed E-state index contributed by atoms with van der Waals surface area (Å²) >= 11 is 0. The third kappa shape index (κ3) is 3.55. The molecule has 1 aliphatic rings. The quantitative estimate of drug-likeness (QED) is 0.900. The van der Waals surface area contributed by atoms with Gasteiger partial charge in [0.2, 0.25) is 0 Å². The topological polar surface area (TPSA) is 40.5 Å². The van der Waals surface area contributed by atoms with Crippen LogP contribution in [0.25, 0.3) is 0 Å². The van der Waals surface area contributed by atoms with Crippen LogP contribution in [-0.4, -0.2) is 29.2 Å². The number of likely N-dealkylation sites (tertiary alicyclic amines) is 1. The molecule has 1 saturated heterocycles. The van der Waals surface area contributed by atoms with E-state index in [9.17, 15) is 13.6 Å². The number of benzene rings is 2. The largest absolute Gasteiger partial charge is 0.465 e. The summed E-state index contributed by atoms with van der Waals surface area (Å²) < 4.78 is 26.5. The van der Waals surface area contributed by atoms with E-state index >= 15 is 0 Å². The number of carboxylic acid groups (broad SMARTS) is 1. The van der Waals surface area contributed by atoms with Crippen LogP contribution in [0.3, 0.4) is 0 Å². The Morgan fingerprint density at radius 1 is 0.917 bits per heavy atom. The second kappa shape index (κ2) is 6.99. The molecular formula is C19H19F2NO2. The highest BCUT2D eigenvalue weighted by Crippen LogP contribution is 2.38. The van der Waals surface area contributed by atoms with E-state index < -0.39 is 6.09 Å². The van der Waals surface area contributed by atoms with Gasteiger partial charge in [-0.2, -0.15) is 0 Å². The highest BCUT2D eigenvalue weighted by molar-refractivity contribution is 5.65. The van der Waals surface area contributed by atoms with Gasteiger partial charge in [0.25, 0.3) is 0 Å². The van der Waals surface area contributed by atoms with Crippen molar-refractivity contribution in [3.05, 3.63) is 71.3 Å². The maximum atomic E-state index is 13.3. The lowest BCUT2D eigenvalue weighted by molar-refractivity contribution is 0.122. The number of halogens is 2. The van der Waals surface area contributed by atoms with Crippen molar-refractivity contribution < 1.29 is 18.7 Å². The molecule has 0 unspecified atom stereocenters. The predicted molar refractivity (Wildman–Crippen MR) is 87.0 cm³/mol. The molecule has 0 aliphatic carbocycles. The first-order chi connectivity index (χ1) is 11.5. The van der Waals surface area contributed by atoms with E-state index in [1.165, 1.54) is 29.2 Å². The maximum Gasteiger partial charge on any atom is 0.407 e. The van der Waals surface area contributed by atoms with E-state index in [0.29, 0.717) is 13.1 Å². The van der Waals surface area contributed by atoms with Crippen LogP contribution >= 0.6 is 0 Å². The van der Waals surface area contributed by atoms with Gasteiger partial charge in [0.05, 0.1) is 0 Å². The van der Waals surface area contributed by atoms with Crippen LogP contribution in [-0.2, 0) is 0 Å². The van der Waals surface area contributed by atoms with Crippen molar-refractivity contribution in [2.45, 2.75) is 18.8 Å². The van der Waals surface area contributed by atoms with Crippen molar-refractivity contribution in [1.29, 1.82) is 0 Å². The summed E-state index contributed by atoms with van der Waals surface area (Å²) in [5, 5.41) is 9.10. The van der Waals surface area contributed by atoms with Crippen molar-refractivity contribution in [3.63, 3.8) is 0 Å². The molecule has 0 radical (unpaired) electrons. The minimum absolute atomic E-state index is 0.00199. The molecule has 1 N–H and O–H groups in total. The van der Waals surface area contributed by atoms with E-state index in [4.69, 9.17) is 5.11 Å². The molecule has 0 atom stereocenters. The van der Waals surface area contributed by atoms with Gasteiger partial charge in [0, 0.05) is 19.0 Å². The Balaban J connectivity index is 1.89. The zero-order valence-electron chi connectivity index (χ0n) is 13.2. The van der Waals surface area contributed by atoms with E-state index in [0.717, 1.165) is 24.0 Å². The summed E-state index contributed by atoms with van der Waals surface area (Å²) in [5.41, 5.74) is 1.94. The van der Waals surface area contributed by atoms with Crippen molar-refractivity contribution in [3.8, 4) is 0 Å². The van der Waals surface area contributed by atoms with Crippen LogP contribution in [0.15, 0.2) is 48.5 Å². The molecule has 1 amide bonds. The highest BCUT2D eigenvalue weighted by atomic mass is 19.1. The summed E-state index contributed by atoms with van der Waals surface area (Å²) in [5.74, 6) is -0.353. The average Bonchev–Trinajstić information content (AvgIpc) is 2.59. The maximum absolute atomic E-state index is 13.3. The van der Waals surface area contributed by atoms with Crippen molar-refractivity contribution in [2.75, 3.05) is 13.1 Å². The molecule has 0 saturated carbocycles. The lowest BCUT2D eigenvalue weighted by Gasteiger charge is -2.35. The number of nitrogens with zero attached hydrogens (tertiary/aromatic N) is 1. The Morgan fingerprint density at radius 3 is 1.71 bits per heavy atom. The minimum atomic E-state index is -0.895. The van der Waals surface area contributed by atoms with Crippen molar-refractivity contribution in [1.82, 2.24) is 4.90 Å². The molecule has 0 bridgehead atoms. The highest BCUT2D eigenvalue weighted by Gasteiger charge is 2.30. The molecule has 2 aromatic rings. The fraction of sp³-hybridized carbons (Fsp3) is 0.316. The van der Waals surface area contributed by atoms with Crippen LogP contribution in [0.4, 0.5) is 13.6 Å². The Bertz CT molecular complexity index is 647. The first-order valence-corrected chi connectivity index (χ1v) is 8.03. The molecule has 0 aromatic heterocycles. The van der Waals surface area contributed by atoms with E-state index in [1.807, 2.05) is 0 Å². The van der Waals surface area contributed by atoms with Crippen LogP contribution in [0.5, 0.6) is 0 Å². The molecule has 126 valence electrons. The summed E-state index contributed by atoms with van der Waals surface area (Å²) in [6, 6.07) is 12.7. The van der Waals surface area contributed by atoms with Gasteiger partial charge in [-0.1, -0.05) is 24.3 Å². The number of carbonyl (C=O) groups is 1. The second-order valence-corrected chi connectivity index (χ2v) is 6.19. The molecule has 1 aliphatic heterocycles. The molecule has 24 heavy (non-hydrogen) atoms. The monoisotopic (exact) mass is 331 g/mol. The molecular weight excluding hydrogens is 312 g/mol. The molecule has 0 spiro atoms. The van der Waals surface area contributed by atoms with Crippen LogP contribution in [0, 0.1) is 17.6 Å². The van der Waals surface area contributed by atoms with Crippen molar-refractivity contribution >= 4 is 6.09 Å². The first kappa shape index (κ1) is 16.4. The molecule has 3 nitrogen and oxygen atoms in total. The van der Waals surface area contributed by atoms with Crippen LogP contribution < -0.4 is 0 Å².